The van der Waals surface area contributed by atoms with E-state index in [2.05, 4.69) is 10.2 Å². The number of halogens is 1. The third kappa shape index (κ3) is 3.49. The Morgan fingerprint density at radius 3 is 2.71 bits per heavy atom. The molecule has 5 nitrogen and oxygen atoms in total. The first-order chi connectivity index (χ1) is 11.5. The lowest BCUT2D eigenvalue weighted by atomic mass is 10.1. The maximum Gasteiger partial charge on any atom is 0.255 e. The molecular weight excluding hydrogens is 309 g/mol. The van der Waals surface area contributed by atoms with Crippen LogP contribution in [0.1, 0.15) is 15.9 Å². The zero-order chi connectivity index (χ0) is 17.1. The van der Waals surface area contributed by atoms with Crippen molar-refractivity contribution >= 4 is 23.0 Å². The lowest BCUT2D eigenvalue weighted by Gasteiger charge is -2.30. The molecule has 126 valence electrons. The molecule has 0 aliphatic carbocycles. The van der Waals surface area contributed by atoms with Crippen LogP contribution in [0.15, 0.2) is 36.4 Å². The van der Waals surface area contributed by atoms with E-state index in [0.29, 0.717) is 24.5 Å². The number of nitrogens with zero attached hydrogens (tertiary/aromatic N) is 1. The summed E-state index contributed by atoms with van der Waals surface area (Å²) >= 11 is 0. The van der Waals surface area contributed by atoms with Crippen molar-refractivity contribution in [1.29, 1.82) is 0 Å². The summed E-state index contributed by atoms with van der Waals surface area (Å²) in [7, 11) is 0. The van der Waals surface area contributed by atoms with E-state index in [1.165, 1.54) is 18.2 Å². The normalized spacial score (nSPS) is 14.5. The molecule has 1 aliphatic rings. The van der Waals surface area contributed by atoms with Crippen LogP contribution in [0.3, 0.4) is 0 Å². The molecule has 0 unspecified atom stereocenters. The summed E-state index contributed by atoms with van der Waals surface area (Å²) in [6.07, 6.45) is 0. The lowest BCUT2D eigenvalue weighted by Crippen LogP contribution is -2.36. The number of rotatable bonds is 3. The van der Waals surface area contributed by atoms with Gasteiger partial charge in [0.2, 0.25) is 0 Å². The summed E-state index contributed by atoms with van der Waals surface area (Å²) in [5.74, 6) is -0.765. The first kappa shape index (κ1) is 16.3. The third-order valence-electron chi connectivity index (χ3n) is 4.09. The zero-order valence-electron chi connectivity index (χ0n) is 13.5. The highest BCUT2D eigenvalue weighted by atomic mass is 19.1. The second-order valence-electron chi connectivity index (χ2n) is 5.79. The Labute approximate surface area is 140 Å². The summed E-state index contributed by atoms with van der Waals surface area (Å²) in [6.45, 7) is 4.95. The van der Waals surface area contributed by atoms with Crippen molar-refractivity contribution in [2.24, 2.45) is 0 Å². The van der Waals surface area contributed by atoms with E-state index in [4.69, 9.17) is 10.5 Å². The minimum absolute atomic E-state index is 0.272. The summed E-state index contributed by atoms with van der Waals surface area (Å²) in [4.78, 5) is 14.7. The van der Waals surface area contributed by atoms with Gasteiger partial charge < -0.3 is 20.7 Å². The van der Waals surface area contributed by atoms with Gasteiger partial charge in [-0.15, -0.1) is 0 Å². The van der Waals surface area contributed by atoms with Crippen molar-refractivity contribution in [3.8, 4) is 0 Å². The van der Waals surface area contributed by atoms with Crippen molar-refractivity contribution in [1.82, 2.24) is 0 Å². The predicted octanol–water partition coefficient (Wildman–Crippen LogP) is 2.81. The highest BCUT2D eigenvalue weighted by Crippen LogP contribution is 2.24. The molecule has 1 aliphatic heterocycles. The summed E-state index contributed by atoms with van der Waals surface area (Å²) in [6, 6.07) is 9.42. The van der Waals surface area contributed by atoms with Crippen LogP contribution in [-0.4, -0.2) is 32.2 Å². The van der Waals surface area contributed by atoms with Gasteiger partial charge in [0.1, 0.15) is 5.82 Å². The Bertz CT molecular complexity index is 758. The number of nitrogen functional groups attached to an aromatic ring is 1. The van der Waals surface area contributed by atoms with Gasteiger partial charge >= 0.3 is 0 Å². The summed E-state index contributed by atoms with van der Waals surface area (Å²) in [5, 5.41) is 2.67. The van der Waals surface area contributed by atoms with Crippen molar-refractivity contribution in [3.63, 3.8) is 0 Å². The van der Waals surface area contributed by atoms with Gasteiger partial charge in [0.25, 0.3) is 5.91 Å². The lowest BCUT2D eigenvalue weighted by molar-refractivity contribution is 0.102. The number of carbonyl (C=O) groups is 1. The fourth-order valence-electron chi connectivity index (χ4n) is 2.73. The topological polar surface area (TPSA) is 67.6 Å². The van der Waals surface area contributed by atoms with E-state index in [1.807, 2.05) is 19.1 Å². The van der Waals surface area contributed by atoms with Gasteiger partial charge in [-0.25, -0.2) is 4.39 Å². The first-order valence-electron chi connectivity index (χ1n) is 7.84. The number of anilines is 3. The van der Waals surface area contributed by atoms with Crippen LogP contribution < -0.4 is 16.0 Å². The number of aryl methyl sites for hydroxylation is 1. The van der Waals surface area contributed by atoms with E-state index >= 15 is 0 Å². The molecule has 2 aromatic rings. The fourth-order valence-corrected chi connectivity index (χ4v) is 2.73. The third-order valence-corrected chi connectivity index (χ3v) is 4.09. The summed E-state index contributed by atoms with van der Waals surface area (Å²) in [5.41, 5.74) is 8.99. The van der Waals surface area contributed by atoms with Gasteiger partial charge in [-0.3, -0.25) is 4.79 Å². The second kappa shape index (κ2) is 6.88. The molecule has 3 rings (SSSR count). The summed E-state index contributed by atoms with van der Waals surface area (Å²) < 4.78 is 18.7. The molecule has 6 heteroatoms. The monoisotopic (exact) mass is 329 g/mol. The molecule has 1 amide bonds. The van der Waals surface area contributed by atoms with Crippen LogP contribution in [-0.2, 0) is 4.74 Å². The van der Waals surface area contributed by atoms with Gasteiger partial charge in [-0.05, 0) is 42.8 Å². The Kier molecular flexibility index (Phi) is 4.66. The SMILES string of the molecule is Cc1ccc(C(=O)Nc2cc(F)ccc2N)cc1N1CCOCC1. The molecule has 0 aromatic heterocycles. The maximum absolute atomic E-state index is 13.3. The Morgan fingerprint density at radius 2 is 1.96 bits per heavy atom. The number of carbonyl (C=O) groups excluding carboxylic acids is 1. The van der Waals surface area contributed by atoms with Crippen LogP contribution in [0.25, 0.3) is 0 Å². The number of nitrogens with two attached hydrogens (primary N) is 1. The van der Waals surface area contributed by atoms with E-state index in [1.54, 1.807) is 6.07 Å². The van der Waals surface area contributed by atoms with Crippen molar-refractivity contribution in [3.05, 3.63) is 53.3 Å². The van der Waals surface area contributed by atoms with E-state index < -0.39 is 5.82 Å². The highest BCUT2D eigenvalue weighted by molar-refractivity contribution is 6.06. The number of amides is 1. The van der Waals surface area contributed by atoms with Gasteiger partial charge in [0, 0.05) is 24.3 Å². The second-order valence-corrected chi connectivity index (χ2v) is 5.79. The van der Waals surface area contributed by atoms with Crippen LogP contribution >= 0.6 is 0 Å². The van der Waals surface area contributed by atoms with Crippen LogP contribution in [0.2, 0.25) is 0 Å². The minimum atomic E-state index is -0.447. The molecule has 0 atom stereocenters. The molecule has 0 spiro atoms. The predicted molar refractivity (Wildman–Crippen MR) is 93.0 cm³/mol. The smallest absolute Gasteiger partial charge is 0.255 e. The Hall–Kier alpha value is -2.60. The Balaban J connectivity index is 1.83. The van der Waals surface area contributed by atoms with E-state index in [9.17, 15) is 9.18 Å². The van der Waals surface area contributed by atoms with Gasteiger partial charge in [0.15, 0.2) is 0 Å². The van der Waals surface area contributed by atoms with Crippen LogP contribution in [0, 0.1) is 12.7 Å². The number of benzene rings is 2. The molecule has 1 heterocycles. The standard InChI is InChI=1S/C18H20FN3O2/c1-12-2-3-13(10-17(12)22-6-8-24-9-7-22)18(23)21-16-11-14(19)4-5-15(16)20/h2-5,10-11H,6-9,20H2,1H3,(H,21,23). The highest BCUT2D eigenvalue weighted by Gasteiger charge is 2.16. The molecule has 1 fully saturated rings. The van der Waals surface area contributed by atoms with Gasteiger partial charge in [0.05, 0.1) is 24.6 Å². The van der Waals surface area contributed by atoms with Gasteiger partial charge in [-0.2, -0.15) is 0 Å². The number of ether oxygens (including phenoxy) is 1. The average Bonchev–Trinajstić information content (AvgIpc) is 2.59. The molecule has 0 saturated carbocycles. The molecule has 3 N–H and O–H groups in total. The number of nitrogens with one attached hydrogen (secondary N) is 1. The zero-order valence-corrected chi connectivity index (χ0v) is 13.5. The van der Waals surface area contributed by atoms with E-state index in [-0.39, 0.29) is 11.6 Å². The van der Waals surface area contributed by atoms with Crippen molar-refractivity contribution < 1.29 is 13.9 Å². The Morgan fingerprint density at radius 1 is 1.21 bits per heavy atom. The number of morpholine rings is 1. The molecule has 24 heavy (non-hydrogen) atoms. The van der Waals surface area contributed by atoms with Crippen LogP contribution in [0.5, 0.6) is 0 Å². The number of hydrogen-bond donors (Lipinski definition) is 2. The van der Waals surface area contributed by atoms with Crippen molar-refractivity contribution in [2.45, 2.75) is 6.92 Å². The first-order valence-corrected chi connectivity index (χ1v) is 7.84. The van der Waals surface area contributed by atoms with Gasteiger partial charge in [-0.1, -0.05) is 6.07 Å². The van der Waals surface area contributed by atoms with Crippen LogP contribution in [0.4, 0.5) is 21.5 Å². The molecule has 0 radical (unpaired) electrons. The average molecular weight is 329 g/mol. The minimum Gasteiger partial charge on any atom is -0.397 e. The largest absolute Gasteiger partial charge is 0.397 e. The molecule has 0 bridgehead atoms. The van der Waals surface area contributed by atoms with Crippen molar-refractivity contribution in [2.75, 3.05) is 42.3 Å². The molecular formula is C18H20FN3O2. The maximum atomic E-state index is 13.3. The molecule has 1 saturated heterocycles. The van der Waals surface area contributed by atoms with E-state index in [0.717, 1.165) is 24.3 Å². The fraction of sp³-hybridized carbons (Fsp3) is 0.278. The molecule has 2 aromatic carbocycles. The quantitative estimate of drug-likeness (QED) is 0.850. The number of hydrogen-bond acceptors (Lipinski definition) is 4.